The molecule has 0 bridgehead atoms. The van der Waals surface area contributed by atoms with E-state index in [0.717, 1.165) is 25.7 Å². The minimum atomic E-state index is -0.131. The summed E-state index contributed by atoms with van der Waals surface area (Å²) in [6.45, 7) is 0. The number of rotatable bonds is 6. The lowest BCUT2D eigenvalue weighted by atomic mass is 9.74. The summed E-state index contributed by atoms with van der Waals surface area (Å²) < 4.78 is 2.66. The van der Waals surface area contributed by atoms with Crippen molar-refractivity contribution in [3.63, 3.8) is 0 Å². The topological polar surface area (TPSA) is 6.48 Å². The average Bonchev–Trinajstić information content (AvgIpc) is 3.93. The molecular weight excluding hydrogens is 673 g/mol. The first kappa shape index (κ1) is 31.4. The van der Waals surface area contributed by atoms with Gasteiger partial charge in [0.05, 0.1) is 11.4 Å². The normalized spacial score (nSPS) is 15.9. The fraction of sp³-hybridized carbons (Fsp3) is 0.0980. The Hall–Kier alpha value is -6.16. The molecular formula is C51H38N2S. The third kappa shape index (κ3) is 4.85. The Morgan fingerprint density at radius 1 is 0.389 bits per heavy atom. The third-order valence-electron chi connectivity index (χ3n) is 12.0. The number of fused-ring (bicyclic) bond motifs is 8. The average molecular weight is 711 g/mol. The van der Waals surface area contributed by atoms with Crippen LogP contribution in [0, 0.1) is 0 Å². The van der Waals surface area contributed by atoms with Gasteiger partial charge in [-0.3, -0.25) is 0 Å². The van der Waals surface area contributed by atoms with Gasteiger partial charge in [-0.1, -0.05) is 109 Å². The Morgan fingerprint density at radius 2 is 0.926 bits per heavy atom. The number of para-hydroxylation sites is 2. The van der Waals surface area contributed by atoms with Gasteiger partial charge in [-0.25, -0.2) is 0 Å². The smallest absolute Gasteiger partial charge is 0.0505 e. The van der Waals surface area contributed by atoms with Gasteiger partial charge in [0.25, 0.3) is 0 Å². The molecule has 1 atom stereocenters. The van der Waals surface area contributed by atoms with Crippen LogP contribution in [0.25, 0.3) is 30.9 Å². The molecule has 2 aliphatic carbocycles. The van der Waals surface area contributed by atoms with E-state index < -0.39 is 0 Å². The summed E-state index contributed by atoms with van der Waals surface area (Å²) in [5.41, 5.74) is 13.1. The number of anilines is 6. The molecule has 2 nitrogen and oxygen atoms in total. The maximum Gasteiger partial charge on any atom is 0.0505 e. The molecule has 54 heavy (non-hydrogen) atoms. The molecule has 0 unspecified atom stereocenters. The molecule has 0 radical (unpaired) electrons. The molecule has 258 valence electrons. The van der Waals surface area contributed by atoms with Gasteiger partial charge in [0.15, 0.2) is 0 Å². The van der Waals surface area contributed by atoms with Gasteiger partial charge in [-0.15, -0.1) is 11.3 Å². The van der Waals surface area contributed by atoms with Crippen molar-refractivity contribution in [2.45, 2.75) is 31.1 Å². The van der Waals surface area contributed by atoms with Gasteiger partial charge in [0.1, 0.15) is 0 Å². The van der Waals surface area contributed by atoms with Gasteiger partial charge in [0.2, 0.25) is 0 Å². The lowest BCUT2D eigenvalue weighted by Gasteiger charge is -2.37. The van der Waals surface area contributed by atoms with E-state index in [1.807, 2.05) is 11.3 Å². The second kappa shape index (κ2) is 12.5. The zero-order valence-corrected chi connectivity index (χ0v) is 30.8. The van der Waals surface area contributed by atoms with Gasteiger partial charge in [0, 0.05) is 48.3 Å². The highest BCUT2D eigenvalue weighted by molar-refractivity contribution is 7.25. The monoisotopic (exact) mass is 710 g/mol. The maximum atomic E-state index is 2.54. The van der Waals surface area contributed by atoms with E-state index in [0.29, 0.717) is 0 Å². The van der Waals surface area contributed by atoms with Crippen molar-refractivity contribution >= 4 is 76.4 Å². The molecule has 0 saturated heterocycles. The summed E-state index contributed by atoms with van der Waals surface area (Å²) in [4.78, 5) is 5.06. The van der Waals surface area contributed by atoms with E-state index in [4.69, 9.17) is 0 Å². The Kier molecular flexibility index (Phi) is 7.25. The highest BCUT2D eigenvalue weighted by atomic mass is 32.1. The number of aryl methyl sites for hydroxylation is 2. The van der Waals surface area contributed by atoms with Gasteiger partial charge < -0.3 is 9.80 Å². The lowest BCUT2D eigenvalue weighted by Crippen LogP contribution is -2.27. The Balaban J connectivity index is 1.14. The first-order chi connectivity index (χ1) is 26.7. The summed E-state index contributed by atoms with van der Waals surface area (Å²) in [6, 6.07) is 67.6. The first-order valence-corrected chi connectivity index (χ1v) is 19.9. The molecule has 1 spiro atoms. The van der Waals surface area contributed by atoms with Crippen LogP contribution in [-0.4, -0.2) is 0 Å². The lowest BCUT2D eigenvalue weighted by molar-refractivity contribution is 0.508. The summed E-state index contributed by atoms with van der Waals surface area (Å²) >= 11 is 1.88. The van der Waals surface area contributed by atoms with Crippen molar-refractivity contribution in [1.29, 1.82) is 0 Å². The molecule has 0 fully saturated rings. The molecule has 8 aromatic carbocycles. The van der Waals surface area contributed by atoms with E-state index >= 15 is 0 Å². The van der Waals surface area contributed by atoms with E-state index in [1.165, 1.54) is 87.3 Å². The van der Waals surface area contributed by atoms with Crippen LogP contribution in [0.5, 0.6) is 0 Å². The predicted octanol–water partition coefficient (Wildman–Crippen LogP) is 14.3. The molecule has 0 N–H and O–H groups in total. The van der Waals surface area contributed by atoms with Crippen LogP contribution in [0.1, 0.15) is 35.1 Å². The summed E-state index contributed by atoms with van der Waals surface area (Å²) in [7, 11) is 0. The Morgan fingerprint density at radius 3 is 1.59 bits per heavy atom. The first-order valence-electron chi connectivity index (χ1n) is 19.1. The highest BCUT2D eigenvalue weighted by Crippen LogP contribution is 2.60. The third-order valence-corrected chi connectivity index (χ3v) is 13.1. The zero-order chi connectivity index (χ0) is 35.6. The number of thiophene rings is 1. The molecule has 3 heteroatoms. The standard InChI is InChI=1S/C51H38N2S/c1-3-17-39(18-4-1)52(41-26-25-35-13-7-8-14-38(35)33-41)45-22-11-15-36-29-31-51(49(36)45)32-30-37-16-12-23-46(50(37)51)53(40-19-5-2-6-20-40)42-27-28-48-44(34-42)43-21-9-10-24-47(43)54-48/h1-28,33-34H,29-32H2/t51-/m1/s1. The van der Waals surface area contributed by atoms with Crippen LogP contribution in [0.2, 0.25) is 0 Å². The van der Waals surface area contributed by atoms with Crippen LogP contribution in [0.15, 0.2) is 182 Å². The molecule has 0 amide bonds. The predicted molar refractivity (Wildman–Crippen MR) is 230 cm³/mol. The highest BCUT2D eigenvalue weighted by Gasteiger charge is 2.49. The summed E-state index contributed by atoms with van der Waals surface area (Å²) in [5, 5.41) is 5.15. The number of hydrogen-bond donors (Lipinski definition) is 0. The second-order valence-corrected chi connectivity index (χ2v) is 15.9. The summed E-state index contributed by atoms with van der Waals surface area (Å²) in [5.74, 6) is 0. The Labute approximate surface area is 320 Å². The zero-order valence-electron chi connectivity index (χ0n) is 30.0. The van der Waals surface area contributed by atoms with Crippen molar-refractivity contribution in [2.75, 3.05) is 9.80 Å². The number of nitrogens with zero attached hydrogens (tertiary/aromatic N) is 2. The van der Waals surface area contributed by atoms with Crippen LogP contribution < -0.4 is 9.80 Å². The molecule has 0 saturated carbocycles. The van der Waals surface area contributed by atoms with E-state index in [-0.39, 0.29) is 5.41 Å². The molecule has 1 aromatic heterocycles. The quantitative estimate of drug-likeness (QED) is 0.169. The molecule has 9 aromatic rings. The molecule has 1 heterocycles. The fourth-order valence-corrected chi connectivity index (χ4v) is 10.8. The van der Waals surface area contributed by atoms with Gasteiger partial charge >= 0.3 is 0 Å². The number of hydrogen-bond acceptors (Lipinski definition) is 3. The maximum absolute atomic E-state index is 2.54. The van der Waals surface area contributed by atoms with Crippen LogP contribution in [0.4, 0.5) is 34.1 Å². The van der Waals surface area contributed by atoms with E-state index in [1.54, 1.807) is 0 Å². The fourth-order valence-electron chi connectivity index (χ4n) is 9.69. The SMILES string of the molecule is c1ccc(N(c2ccc3ccccc3c2)c2cccc3c2[C@@]2(CC3)CCc3cccc(N(c4ccccc4)c4ccc5sc6ccccc6c5c4)c32)cc1. The second-order valence-electron chi connectivity index (χ2n) is 14.9. The van der Waals surface area contributed by atoms with Crippen molar-refractivity contribution < 1.29 is 0 Å². The van der Waals surface area contributed by atoms with Crippen molar-refractivity contribution in [2.24, 2.45) is 0 Å². The minimum absolute atomic E-state index is 0.131. The van der Waals surface area contributed by atoms with Crippen LogP contribution in [-0.2, 0) is 18.3 Å². The van der Waals surface area contributed by atoms with Crippen LogP contribution in [0.3, 0.4) is 0 Å². The molecule has 2 aliphatic rings. The molecule has 11 rings (SSSR count). The Bertz CT molecular complexity index is 2850. The largest absolute Gasteiger partial charge is 0.310 e. The van der Waals surface area contributed by atoms with Crippen molar-refractivity contribution in [1.82, 2.24) is 0 Å². The van der Waals surface area contributed by atoms with E-state index in [9.17, 15) is 0 Å². The van der Waals surface area contributed by atoms with Gasteiger partial charge in [-0.05, 0) is 132 Å². The van der Waals surface area contributed by atoms with Crippen molar-refractivity contribution in [3.8, 4) is 0 Å². The van der Waals surface area contributed by atoms with Crippen LogP contribution >= 0.6 is 11.3 Å². The number of benzene rings is 8. The van der Waals surface area contributed by atoms with Crippen molar-refractivity contribution in [3.05, 3.63) is 204 Å². The summed E-state index contributed by atoms with van der Waals surface area (Å²) in [6.07, 6.45) is 4.33. The molecule has 0 aliphatic heterocycles. The van der Waals surface area contributed by atoms with E-state index in [2.05, 4.69) is 192 Å². The minimum Gasteiger partial charge on any atom is -0.310 e. The van der Waals surface area contributed by atoms with Gasteiger partial charge in [-0.2, -0.15) is 0 Å².